The summed E-state index contributed by atoms with van der Waals surface area (Å²) < 4.78 is 12.5. The summed E-state index contributed by atoms with van der Waals surface area (Å²) in [5.74, 6) is 1.42. The molecule has 1 amide bonds. The Bertz CT molecular complexity index is 943. The van der Waals surface area contributed by atoms with Crippen LogP contribution in [0.1, 0.15) is 27.3 Å². The first-order valence-electron chi connectivity index (χ1n) is 8.77. The van der Waals surface area contributed by atoms with Gasteiger partial charge in [-0.15, -0.1) is 0 Å². The zero-order valence-electron chi connectivity index (χ0n) is 16.1. The number of carbonyl (C=O) groups is 1. The van der Waals surface area contributed by atoms with Gasteiger partial charge in [0, 0.05) is 17.9 Å². The molecule has 3 rings (SSSR count). The standard InChI is InChI=1S/C22H24N2O3/c1-15-12-16(2)24(14-17-6-5-7-20(13-17)27-4)21(15)22(25)23-18-8-10-19(26-3)11-9-18/h5-13H,14H2,1-4H3,(H,23,25). The van der Waals surface area contributed by atoms with Gasteiger partial charge in [0.2, 0.25) is 0 Å². The Morgan fingerprint density at radius 2 is 1.67 bits per heavy atom. The van der Waals surface area contributed by atoms with E-state index in [9.17, 15) is 4.79 Å². The van der Waals surface area contributed by atoms with Gasteiger partial charge < -0.3 is 19.4 Å². The molecule has 1 aromatic heterocycles. The number of ether oxygens (including phenoxy) is 2. The van der Waals surface area contributed by atoms with Crippen LogP contribution in [0.4, 0.5) is 5.69 Å². The van der Waals surface area contributed by atoms with Gasteiger partial charge in [-0.25, -0.2) is 0 Å². The van der Waals surface area contributed by atoms with Crippen molar-refractivity contribution in [2.45, 2.75) is 20.4 Å². The number of nitrogens with one attached hydrogen (secondary N) is 1. The summed E-state index contributed by atoms with van der Waals surface area (Å²) >= 11 is 0. The van der Waals surface area contributed by atoms with Gasteiger partial charge in [-0.1, -0.05) is 12.1 Å². The van der Waals surface area contributed by atoms with Crippen LogP contribution in [0.3, 0.4) is 0 Å². The Morgan fingerprint density at radius 3 is 2.33 bits per heavy atom. The summed E-state index contributed by atoms with van der Waals surface area (Å²) in [5, 5.41) is 2.97. The molecule has 27 heavy (non-hydrogen) atoms. The van der Waals surface area contributed by atoms with Gasteiger partial charge in [0.25, 0.3) is 5.91 Å². The molecule has 0 saturated carbocycles. The van der Waals surface area contributed by atoms with E-state index < -0.39 is 0 Å². The molecule has 0 saturated heterocycles. The van der Waals surface area contributed by atoms with Gasteiger partial charge in [-0.3, -0.25) is 4.79 Å². The van der Waals surface area contributed by atoms with E-state index >= 15 is 0 Å². The van der Waals surface area contributed by atoms with Crippen LogP contribution in [0, 0.1) is 13.8 Å². The van der Waals surface area contributed by atoms with E-state index in [1.165, 1.54) is 0 Å². The molecule has 0 unspecified atom stereocenters. The molecule has 0 radical (unpaired) electrons. The highest BCUT2D eigenvalue weighted by molar-refractivity contribution is 6.04. The zero-order valence-corrected chi connectivity index (χ0v) is 16.1. The minimum atomic E-state index is -0.131. The van der Waals surface area contributed by atoms with Crippen molar-refractivity contribution < 1.29 is 14.3 Å². The molecular weight excluding hydrogens is 340 g/mol. The van der Waals surface area contributed by atoms with Crippen LogP contribution >= 0.6 is 0 Å². The molecule has 140 valence electrons. The van der Waals surface area contributed by atoms with Gasteiger partial charge in [0.05, 0.1) is 14.2 Å². The van der Waals surface area contributed by atoms with Crippen molar-refractivity contribution in [3.8, 4) is 11.5 Å². The first-order chi connectivity index (χ1) is 13.0. The quantitative estimate of drug-likeness (QED) is 0.704. The van der Waals surface area contributed by atoms with Crippen molar-refractivity contribution in [2.75, 3.05) is 19.5 Å². The lowest BCUT2D eigenvalue weighted by atomic mass is 10.2. The predicted molar refractivity (Wildman–Crippen MR) is 107 cm³/mol. The minimum Gasteiger partial charge on any atom is -0.497 e. The fraction of sp³-hybridized carbons (Fsp3) is 0.227. The molecule has 0 bridgehead atoms. The summed E-state index contributed by atoms with van der Waals surface area (Å²) in [7, 11) is 3.27. The molecule has 5 nitrogen and oxygen atoms in total. The van der Waals surface area contributed by atoms with Crippen molar-refractivity contribution in [1.82, 2.24) is 4.57 Å². The van der Waals surface area contributed by atoms with Crippen LogP contribution in [0.5, 0.6) is 11.5 Å². The summed E-state index contributed by atoms with van der Waals surface area (Å²) in [6.45, 7) is 4.57. The Labute approximate surface area is 159 Å². The van der Waals surface area contributed by atoms with Crippen molar-refractivity contribution in [3.05, 3.63) is 77.1 Å². The van der Waals surface area contributed by atoms with E-state index in [-0.39, 0.29) is 5.91 Å². The lowest BCUT2D eigenvalue weighted by Crippen LogP contribution is -2.19. The fourth-order valence-corrected chi connectivity index (χ4v) is 3.17. The molecule has 0 aliphatic carbocycles. The number of aromatic nitrogens is 1. The fourth-order valence-electron chi connectivity index (χ4n) is 3.17. The molecule has 0 fully saturated rings. The molecule has 1 heterocycles. The number of carbonyl (C=O) groups excluding carboxylic acids is 1. The first kappa shape index (κ1) is 18.6. The second-order valence-electron chi connectivity index (χ2n) is 6.44. The number of anilines is 1. The van der Waals surface area contributed by atoms with Crippen molar-refractivity contribution in [2.24, 2.45) is 0 Å². The molecule has 1 N–H and O–H groups in total. The van der Waals surface area contributed by atoms with Gasteiger partial charge >= 0.3 is 0 Å². The van der Waals surface area contributed by atoms with Crippen LogP contribution in [0.2, 0.25) is 0 Å². The lowest BCUT2D eigenvalue weighted by molar-refractivity contribution is 0.101. The highest BCUT2D eigenvalue weighted by atomic mass is 16.5. The molecular formula is C22H24N2O3. The summed E-state index contributed by atoms with van der Waals surface area (Å²) in [6.07, 6.45) is 0. The maximum absolute atomic E-state index is 12.9. The SMILES string of the molecule is COc1ccc(NC(=O)c2c(C)cc(C)n2Cc2cccc(OC)c2)cc1. The third-order valence-corrected chi connectivity index (χ3v) is 4.53. The van der Waals surface area contributed by atoms with Crippen LogP contribution in [0.15, 0.2) is 54.6 Å². The largest absolute Gasteiger partial charge is 0.497 e. The molecule has 0 atom stereocenters. The number of hydrogen-bond donors (Lipinski definition) is 1. The lowest BCUT2D eigenvalue weighted by Gasteiger charge is -2.14. The van der Waals surface area contributed by atoms with Gasteiger partial charge in [0.1, 0.15) is 17.2 Å². The van der Waals surface area contributed by atoms with E-state index in [2.05, 4.69) is 5.32 Å². The Hall–Kier alpha value is -3.21. The third kappa shape index (κ3) is 4.14. The van der Waals surface area contributed by atoms with E-state index in [0.29, 0.717) is 12.2 Å². The number of benzene rings is 2. The monoisotopic (exact) mass is 364 g/mol. The van der Waals surface area contributed by atoms with Gasteiger partial charge in [-0.05, 0) is 67.4 Å². The average Bonchev–Trinajstić information content (AvgIpc) is 2.95. The Morgan fingerprint density at radius 1 is 0.963 bits per heavy atom. The number of aryl methyl sites for hydroxylation is 2. The second kappa shape index (κ2) is 7.99. The molecule has 2 aromatic carbocycles. The smallest absolute Gasteiger partial charge is 0.272 e. The predicted octanol–water partition coefficient (Wildman–Crippen LogP) is 4.42. The number of methoxy groups -OCH3 is 2. The molecule has 3 aromatic rings. The number of amides is 1. The zero-order chi connectivity index (χ0) is 19.4. The topological polar surface area (TPSA) is 52.5 Å². The van der Waals surface area contributed by atoms with Gasteiger partial charge in [0.15, 0.2) is 0 Å². The maximum atomic E-state index is 12.9. The summed E-state index contributed by atoms with van der Waals surface area (Å²) in [4.78, 5) is 12.9. The first-order valence-corrected chi connectivity index (χ1v) is 8.77. The maximum Gasteiger partial charge on any atom is 0.272 e. The van der Waals surface area contributed by atoms with Crippen molar-refractivity contribution >= 4 is 11.6 Å². The van der Waals surface area contributed by atoms with Crippen LogP contribution in [0.25, 0.3) is 0 Å². The average molecular weight is 364 g/mol. The second-order valence-corrected chi connectivity index (χ2v) is 6.44. The van der Waals surface area contributed by atoms with E-state index in [0.717, 1.165) is 34.0 Å². The minimum absolute atomic E-state index is 0.131. The summed E-state index contributed by atoms with van der Waals surface area (Å²) in [6, 6.07) is 17.2. The molecule has 0 aliphatic rings. The van der Waals surface area contributed by atoms with E-state index in [1.807, 2.05) is 73.0 Å². The van der Waals surface area contributed by atoms with Crippen LogP contribution < -0.4 is 14.8 Å². The number of hydrogen-bond acceptors (Lipinski definition) is 3. The number of nitrogens with zero attached hydrogens (tertiary/aromatic N) is 1. The molecule has 0 aliphatic heterocycles. The molecule has 5 heteroatoms. The molecule has 0 spiro atoms. The highest BCUT2D eigenvalue weighted by Gasteiger charge is 2.18. The van der Waals surface area contributed by atoms with E-state index in [4.69, 9.17) is 9.47 Å². The van der Waals surface area contributed by atoms with Crippen LogP contribution in [-0.4, -0.2) is 24.7 Å². The summed E-state index contributed by atoms with van der Waals surface area (Å²) in [5.41, 5.74) is 4.45. The normalized spacial score (nSPS) is 10.5. The van der Waals surface area contributed by atoms with Crippen LogP contribution in [-0.2, 0) is 6.54 Å². The highest BCUT2D eigenvalue weighted by Crippen LogP contribution is 2.22. The van der Waals surface area contributed by atoms with Crippen molar-refractivity contribution in [1.29, 1.82) is 0 Å². The number of rotatable bonds is 6. The van der Waals surface area contributed by atoms with Gasteiger partial charge in [-0.2, -0.15) is 0 Å². The third-order valence-electron chi connectivity index (χ3n) is 4.53. The Kier molecular flexibility index (Phi) is 5.50. The Balaban J connectivity index is 1.87. The van der Waals surface area contributed by atoms with Crippen molar-refractivity contribution in [3.63, 3.8) is 0 Å². The van der Waals surface area contributed by atoms with E-state index in [1.54, 1.807) is 14.2 Å².